The van der Waals surface area contributed by atoms with Crippen molar-refractivity contribution in [3.63, 3.8) is 0 Å². The van der Waals surface area contributed by atoms with Crippen LogP contribution >= 0.6 is 0 Å². The molecule has 0 saturated carbocycles. The molecule has 0 aromatic rings. The quantitative estimate of drug-likeness (QED) is 0.543. The number of amides is 1. The van der Waals surface area contributed by atoms with Gasteiger partial charge in [-0.1, -0.05) is 13.3 Å². The van der Waals surface area contributed by atoms with E-state index < -0.39 is 0 Å². The Hall–Kier alpha value is -0.570. The third-order valence-electron chi connectivity index (χ3n) is 1.22. The van der Waals surface area contributed by atoms with Crippen molar-refractivity contribution in [2.75, 3.05) is 13.1 Å². The summed E-state index contributed by atoms with van der Waals surface area (Å²) in [5, 5.41) is 2.77. The minimum atomic E-state index is 0.0657. The van der Waals surface area contributed by atoms with Gasteiger partial charge in [-0.05, 0) is 6.42 Å². The first kappa shape index (κ1) is 9.43. The van der Waals surface area contributed by atoms with Gasteiger partial charge in [0.2, 0.25) is 5.91 Å². The molecule has 0 aliphatic heterocycles. The van der Waals surface area contributed by atoms with Gasteiger partial charge in [-0.3, -0.25) is 4.79 Å². The lowest BCUT2D eigenvalue weighted by Gasteiger charge is -2.00. The van der Waals surface area contributed by atoms with Gasteiger partial charge in [0.1, 0.15) is 0 Å². The predicted octanol–water partition coefficient (Wildman–Crippen LogP) is 0.251. The van der Waals surface area contributed by atoms with Gasteiger partial charge in [-0.25, -0.2) is 0 Å². The smallest absolute Gasteiger partial charge is 0.221 e. The van der Waals surface area contributed by atoms with E-state index in [1.165, 1.54) is 0 Å². The maximum Gasteiger partial charge on any atom is 0.221 e. The number of hydrogen-bond donors (Lipinski definition) is 2. The molecule has 60 valence electrons. The monoisotopic (exact) mass is 144 g/mol. The fourth-order valence-corrected chi connectivity index (χ4v) is 0.624. The van der Waals surface area contributed by atoms with Crippen molar-refractivity contribution in [3.05, 3.63) is 0 Å². The highest BCUT2D eigenvalue weighted by atomic mass is 16.1. The zero-order valence-electron chi connectivity index (χ0n) is 6.52. The van der Waals surface area contributed by atoms with Crippen LogP contribution < -0.4 is 11.1 Å². The van der Waals surface area contributed by atoms with E-state index in [0.29, 0.717) is 13.0 Å². The van der Waals surface area contributed by atoms with Crippen LogP contribution in [-0.4, -0.2) is 19.0 Å². The van der Waals surface area contributed by atoms with E-state index in [2.05, 4.69) is 12.2 Å². The molecule has 0 aliphatic rings. The van der Waals surface area contributed by atoms with Crippen molar-refractivity contribution in [1.82, 2.24) is 5.32 Å². The van der Waals surface area contributed by atoms with Crippen LogP contribution in [0, 0.1) is 0 Å². The van der Waals surface area contributed by atoms with E-state index >= 15 is 0 Å². The molecular weight excluding hydrogens is 128 g/mol. The molecule has 0 radical (unpaired) electrons. The second-order valence-corrected chi connectivity index (χ2v) is 2.24. The molecule has 0 heterocycles. The van der Waals surface area contributed by atoms with Crippen molar-refractivity contribution in [2.24, 2.45) is 5.73 Å². The van der Waals surface area contributed by atoms with Gasteiger partial charge in [0.05, 0.1) is 0 Å². The molecular formula is C7H16N2O. The Bertz CT molecular complexity index is 93.6. The highest BCUT2D eigenvalue weighted by Crippen LogP contribution is 1.83. The molecule has 0 aromatic heterocycles. The van der Waals surface area contributed by atoms with Crippen LogP contribution in [0.5, 0.6) is 0 Å². The lowest BCUT2D eigenvalue weighted by molar-refractivity contribution is -0.120. The van der Waals surface area contributed by atoms with E-state index in [-0.39, 0.29) is 5.91 Å². The van der Waals surface area contributed by atoms with Crippen molar-refractivity contribution < 1.29 is 4.79 Å². The zero-order valence-corrected chi connectivity index (χ0v) is 6.52. The predicted molar refractivity (Wildman–Crippen MR) is 41.6 cm³/mol. The summed E-state index contributed by atoms with van der Waals surface area (Å²) in [7, 11) is 0. The lowest BCUT2D eigenvalue weighted by atomic mass is 10.3. The molecule has 1 amide bonds. The van der Waals surface area contributed by atoms with Gasteiger partial charge in [0.15, 0.2) is 0 Å². The average Bonchev–Trinajstić information content (AvgIpc) is 1.89. The third kappa shape index (κ3) is 5.56. The summed E-state index contributed by atoms with van der Waals surface area (Å²) < 4.78 is 0. The van der Waals surface area contributed by atoms with Gasteiger partial charge in [0, 0.05) is 19.5 Å². The van der Waals surface area contributed by atoms with Gasteiger partial charge >= 0.3 is 0 Å². The molecule has 0 rings (SSSR count). The molecule has 0 spiro atoms. The molecule has 0 aliphatic carbocycles. The number of hydrogen-bond acceptors (Lipinski definition) is 2. The third-order valence-corrected chi connectivity index (χ3v) is 1.22. The second-order valence-electron chi connectivity index (χ2n) is 2.24. The van der Waals surface area contributed by atoms with E-state index in [9.17, 15) is 4.79 Å². The Morgan fingerprint density at radius 1 is 1.60 bits per heavy atom. The molecule has 3 N–H and O–H groups in total. The minimum Gasteiger partial charge on any atom is -0.356 e. The molecule has 0 unspecified atom stereocenters. The van der Waals surface area contributed by atoms with Gasteiger partial charge in [-0.15, -0.1) is 0 Å². The lowest BCUT2D eigenvalue weighted by Crippen LogP contribution is -2.26. The van der Waals surface area contributed by atoms with Crippen LogP contribution in [0.25, 0.3) is 0 Å². The van der Waals surface area contributed by atoms with Crippen molar-refractivity contribution >= 4 is 5.91 Å². The highest BCUT2D eigenvalue weighted by molar-refractivity contribution is 5.75. The fourth-order valence-electron chi connectivity index (χ4n) is 0.624. The summed E-state index contributed by atoms with van der Waals surface area (Å²) in [4.78, 5) is 10.7. The van der Waals surface area contributed by atoms with Crippen LogP contribution in [0.3, 0.4) is 0 Å². The van der Waals surface area contributed by atoms with Crippen LogP contribution in [-0.2, 0) is 4.79 Å². The average molecular weight is 144 g/mol. The van der Waals surface area contributed by atoms with Crippen molar-refractivity contribution in [2.45, 2.75) is 26.2 Å². The van der Waals surface area contributed by atoms with E-state index in [1.54, 1.807) is 0 Å². The van der Waals surface area contributed by atoms with Crippen LogP contribution in [0.2, 0.25) is 0 Å². The normalized spacial score (nSPS) is 9.40. The SMILES string of the molecule is CCCCNC(=O)CCN. The number of carbonyl (C=O) groups is 1. The molecule has 0 aromatic carbocycles. The van der Waals surface area contributed by atoms with Gasteiger partial charge < -0.3 is 11.1 Å². The Kier molecular flexibility index (Phi) is 6.18. The summed E-state index contributed by atoms with van der Waals surface area (Å²) in [6.45, 7) is 3.32. The standard InChI is InChI=1S/C7H16N2O/c1-2-3-6-9-7(10)4-5-8/h2-6,8H2,1H3,(H,9,10). The van der Waals surface area contributed by atoms with Crippen LogP contribution in [0.4, 0.5) is 0 Å². The Morgan fingerprint density at radius 2 is 2.30 bits per heavy atom. The summed E-state index contributed by atoms with van der Waals surface area (Å²) in [5.41, 5.74) is 5.17. The highest BCUT2D eigenvalue weighted by Gasteiger charge is 1.95. The summed E-state index contributed by atoms with van der Waals surface area (Å²) in [5.74, 6) is 0.0657. The summed E-state index contributed by atoms with van der Waals surface area (Å²) in [6, 6.07) is 0. The van der Waals surface area contributed by atoms with Crippen LogP contribution in [0.15, 0.2) is 0 Å². The Morgan fingerprint density at radius 3 is 2.80 bits per heavy atom. The van der Waals surface area contributed by atoms with Gasteiger partial charge in [0.25, 0.3) is 0 Å². The summed E-state index contributed by atoms with van der Waals surface area (Å²) >= 11 is 0. The molecule has 0 saturated heterocycles. The molecule has 0 atom stereocenters. The number of nitrogens with one attached hydrogen (secondary N) is 1. The largest absolute Gasteiger partial charge is 0.356 e. The topological polar surface area (TPSA) is 55.1 Å². The van der Waals surface area contributed by atoms with Crippen molar-refractivity contribution in [1.29, 1.82) is 0 Å². The number of unbranched alkanes of at least 4 members (excludes halogenated alkanes) is 1. The molecule has 3 heteroatoms. The Balaban J connectivity index is 3.05. The second kappa shape index (κ2) is 6.55. The maximum absolute atomic E-state index is 10.7. The molecule has 10 heavy (non-hydrogen) atoms. The maximum atomic E-state index is 10.7. The number of rotatable bonds is 5. The molecule has 3 nitrogen and oxygen atoms in total. The van der Waals surface area contributed by atoms with Crippen molar-refractivity contribution in [3.8, 4) is 0 Å². The number of nitrogens with two attached hydrogens (primary N) is 1. The molecule has 0 bridgehead atoms. The van der Waals surface area contributed by atoms with E-state index in [4.69, 9.17) is 5.73 Å². The minimum absolute atomic E-state index is 0.0657. The zero-order chi connectivity index (χ0) is 7.82. The molecule has 0 fully saturated rings. The van der Waals surface area contributed by atoms with E-state index in [1.807, 2.05) is 0 Å². The fraction of sp³-hybridized carbons (Fsp3) is 0.857. The Labute approximate surface area is 62.0 Å². The summed E-state index contributed by atoms with van der Waals surface area (Å²) in [6.07, 6.45) is 2.61. The number of carbonyl (C=O) groups excluding carboxylic acids is 1. The van der Waals surface area contributed by atoms with Crippen LogP contribution in [0.1, 0.15) is 26.2 Å². The first-order valence-corrected chi connectivity index (χ1v) is 3.78. The first-order valence-electron chi connectivity index (χ1n) is 3.78. The first-order chi connectivity index (χ1) is 4.81. The van der Waals surface area contributed by atoms with Gasteiger partial charge in [-0.2, -0.15) is 0 Å². The van der Waals surface area contributed by atoms with E-state index in [0.717, 1.165) is 19.4 Å².